The molecular weight excluding hydrogens is 260 g/mol. The standard InChI is InChI=1S/C14H20N2O2S/c1-3-19-11-5-4-10(7-11)16-14(18)12-8-15-9(2)6-13(12)17/h6,8,10-11H,3-5,7H2,1-2H3,(H,15,17)(H,16,18). The fraction of sp³-hybridized carbons (Fsp3) is 0.571. The van der Waals surface area contributed by atoms with Crippen LogP contribution in [0.3, 0.4) is 0 Å². The molecular formula is C14H20N2O2S. The highest BCUT2D eigenvalue weighted by Gasteiger charge is 2.26. The Morgan fingerprint density at radius 2 is 2.32 bits per heavy atom. The van der Waals surface area contributed by atoms with Gasteiger partial charge >= 0.3 is 0 Å². The van der Waals surface area contributed by atoms with Gasteiger partial charge in [0.05, 0.1) is 0 Å². The van der Waals surface area contributed by atoms with Gasteiger partial charge in [0.25, 0.3) is 5.91 Å². The van der Waals surface area contributed by atoms with Gasteiger partial charge < -0.3 is 10.3 Å². The van der Waals surface area contributed by atoms with Crippen molar-refractivity contribution in [3.63, 3.8) is 0 Å². The van der Waals surface area contributed by atoms with Crippen molar-refractivity contribution < 1.29 is 4.79 Å². The lowest BCUT2D eigenvalue weighted by Gasteiger charge is -2.12. The second-order valence-corrected chi connectivity index (χ2v) is 6.53. The molecule has 2 N–H and O–H groups in total. The lowest BCUT2D eigenvalue weighted by molar-refractivity contribution is 0.0936. The molecule has 2 rings (SSSR count). The Hall–Kier alpha value is -1.23. The molecule has 1 amide bonds. The van der Waals surface area contributed by atoms with Crippen molar-refractivity contribution >= 4 is 17.7 Å². The summed E-state index contributed by atoms with van der Waals surface area (Å²) in [6.07, 6.45) is 4.66. The molecule has 0 aliphatic heterocycles. The molecule has 0 spiro atoms. The predicted molar refractivity (Wildman–Crippen MR) is 78.8 cm³/mol. The van der Waals surface area contributed by atoms with Crippen LogP contribution in [0.25, 0.3) is 0 Å². The molecule has 0 aromatic carbocycles. The van der Waals surface area contributed by atoms with Crippen LogP contribution in [0.5, 0.6) is 0 Å². The Kier molecular flexibility index (Phi) is 4.69. The monoisotopic (exact) mass is 280 g/mol. The van der Waals surface area contributed by atoms with E-state index in [4.69, 9.17) is 0 Å². The summed E-state index contributed by atoms with van der Waals surface area (Å²) in [5.74, 6) is 0.858. The van der Waals surface area contributed by atoms with Gasteiger partial charge in [0.2, 0.25) is 0 Å². The van der Waals surface area contributed by atoms with E-state index in [2.05, 4.69) is 17.2 Å². The molecule has 19 heavy (non-hydrogen) atoms. The Balaban J connectivity index is 1.96. The summed E-state index contributed by atoms with van der Waals surface area (Å²) in [6.45, 7) is 3.95. The first-order valence-corrected chi connectivity index (χ1v) is 7.76. The number of hydrogen-bond acceptors (Lipinski definition) is 3. The first kappa shape index (κ1) is 14.2. The highest BCUT2D eigenvalue weighted by Crippen LogP contribution is 2.29. The van der Waals surface area contributed by atoms with Crippen LogP contribution < -0.4 is 10.7 Å². The minimum atomic E-state index is -0.256. The largest absolute Gasteiger partial charge is 0.364 e. The maximum atomic E-state index is 12.1. The van der Waals surface area contributed by atoms with E-state index in [0.29, 0.717) is 5.25 Å². The third-order valence-electron chi connectivity index (χ3n) is 3.42. The van der Waals surface area contributed by atoms with Gasteiger partial charge in [-0.3, -0.25) is 9.59 Å². The van der Waals surface area contributed by atoms with Crippen molar-refractivity contribution in [1.29, 1.82) is 0 Å². The van der Waals surface area contributed by atoms with Crippen LogP contribution in [0, 0.1) is 6.92 Å². The van der Waals surface area contributed by atoms with Crippen molar-refractivity contribution in [2.24, 2.45) is 0 Å². The first-order chi connectivity index (χ1) is 9.10. The second kappa shape index (κ2) is 6.28. The molecule has 1 saturated carbocycles. The van der Waals surface area contributed by atoms with Crippen LogP contribution in [-0.2, 0) is 0 Å². The highest BCUT2D eigenvalue weighted by atomic mass is 32.2. The zero-order valence-corrected chi connectivity index (χ0v) is 12.2. The summed E-state index contributed by atoms with van der Waals surface area (Å²) in [5, 5.41) is 3.62. The number of rotatable bonds is 4. The van der Waals surface area contributed by atoms with Crippen LogP contribution in [0.4, 0.5) is 0 Å². The SMILES string of the molecule is CCSC1CCC(NC(=O)c2c[nH]c(C)cc2=O)C1. The number of H-pyrrole nitrogens is 1. The maximum Gasteiger partial charge on any atom is 0.256 e. The molecule has 0 bridgehead atoms. The number of aromatic nitrogens is 1. The van der Waals surface area contributed by atoms with Gasteiger partial charge in [0.15, 0.2) is 5.43 Å². The average molecular weight is 280 g/mol. The summed E-state index contributed by atoms with van der Waals surface area (Å²) in [7, 11) is 0. The lowest BCUT2D eigenvalue weighted by Crippen LogP contribution is -2.36. The van der Waals surface area contributed by atoms with Gasteiger partial charge in [-0.05, 0) is 31.9 Å². The Bertz CT molecular complexity index is 512. The molecule has 104 valence electrons. The van der Waals surface area contributed by atoms with Gasteiger partial charge in [0, 0.05) is 29.2 Å². The van der Waals surface area contributed by atoms with Crippen LogP contribution in [-0.4, -0.2) is 27.9 Å². The smallest absolute Gasteiger partial charge is 0.256 e. The molecule has 1 aliphatic rings. The predicted octanol–water partition coefficient (Wildman–Crippen LogP) is 2.09. The Morgan fingerprint density at radius 3 is 3.00 bits per heavy atom. The number of amides is 1. The first-order valence-electron chi connectivity index (χ1n) is 6.72. The van der Waals surface area contributed by atoms with Crippen molar-refractivity contribution in [3.05, 3.63) is 33.7 Å². The normalized spacial score (nSPS) is 22.4. The topological polar surface area (TPSA) is 62.0 Å². The van der Waals surface area contributed by atoms with E-state index in [1.165, 1.54) is 12.3 Å². The fourth-order valence-electron chi connectivity index (χ4n) is 2.47. The van der Waals surface area contributed by atoms with E-state index in [1.807, 2.05) is 11.8 Å². The summed E-state index contributed by atoms with van der Waals surface area (Å²) < 4.78 is 0. The number of carbonyl (C=O) groups excluding carboxylic acids is 1. The molecule has 0 saturated heterocycles. The third-order valence-corrected chi connectivity index (χ3v) is 4.66. The highest BCUT2D eigenvalue weighted by molar-refractivity contribution is 7.99. The van der Waals surface area contributed by atoms with Crippen LogP contribution >= 0.6 is 11.8 Å². The molecule has 1 fully saturated rings. The zero-order valence-electron chi connectivity index (χ0n) is 11.4. The molecule has 4 nitrogen and oxygen atoms in total. The third kappa shape index (κ3) is 3.62. The van der Waals surface area contributed by atoms with Crippen molar-refractivity contribution in [3.8, 4) is 0 Å². The van der Waals surface area contributed by atoms with Crippen LogP contribution in [0.1, 0.15) is 42.2 Å². The average Bonchev–Trinajstić information content (AvgIpc) is 2.76. The van der Waals surface area contributed by atoms with Gasteiger partial charge in [-0.15, -0.1) is 0 Å². The number of thioether (sulfide) groups is 1. The van der Waals surface area contributed by atoms with Gasteiger partial charge in [-0.2, -0.15) is 11.8 Å². The van der Waals surface area contributed by atoms with Gasteiger partial charge in [-0.1, -0.05) is 6.92 Å². The number of nitrogens with one attached hydrogen (secondary N) is 2. The molecule has 2 unspecified atom stereocenters. The second-order valence-electron chi connectivity index (χ2n) is 4.95. The van der Waals surface area contributed by atoms with E-state index in [9.17, 15) is 9.59 Å². The minimum absolute atomic E-state index is 0.206. The van der Waals surface area contributed by atoms with Gasteiger partial charge in [-0.25, -0.2) is 0 Å². The number of aryl methyl sites for hydroxylation is 1. The van der Waals surface area contributed by atoms with Gasteiger partial charge in [0.1, 0.15) is 5.56 Å². The van der Waals surface area contributed by atoms with E-state index in [-0.39, 0.29) is 22.9 Å². The van der Waals surface area contributed by atoms with E-state index in [1.54, 1.807) is 6.92 Å². The van der Waals surface area contributed by atoms with Crippen LogP contribution in [0.15, 0.2) is 17.1 Å². The van der Waals surface area contributed by atoms with Crippen molar-refractivity contribution in [2.75, 3.05) is 5.75 Å². The Morgan fingerprint density at radius 1 is 1.53 bits per heavy atom. The summed E-state index contributed by atoms with van der Waals surface area (Å²) in [5.41, 5.74) is 0.755. The Labute approximate surface area is 117 Å². The number of hydrogen-bond donors (Lipinski definition) is 2. The summed E-state index contributed by atoms with van der Waals surface area (Å²) >= 11 is 1.95. The number of carbonyl (C=O) groups is 1. The van der Waals surface area contributed by atoms with Crippen molar-refractivity contribution in [2.45, 2.75) is 44.4 Å². The zero-order chi connectivity index (χ0) is 13.8. The van der Waals surface area contributed by atoms with Crippen molar-refractivity contribution in [1.82, 2.24) is 10.3 Å². The minimum Gasteiger partial charge on any atom is -0.364 e. The number of aromatic amines is 1. The maximum absolute atomic E-state index is 12.1. The molecule has 1 heterocycles. The van der Waals surface area contributed by atoms with Crippen LogP contribution in [0.2, 0.25) is 0 Å². The fourth-order valence-corrected chi connectivity index (χ4v) is 3.61. The van der Waals surface area contributed by atoms with E-state index in [0.717, 1.165) is 30.7 Å². The number of pyridine rings is 1. The molecule has 0 radical (unpaired) electrons. The molecule has 1 aromatic heterocycles. The van der Waals surface area contributed by atoms with E-state index < -0.39 is 0 Å². The molecule has 2 atom stereocenters. The lowest BCUT2D eigenvalue weighted by atomic mass is 10.2. The summed E-state index contributed by atoms with van der Waals surface area (Å²) in [6, 6.07) is 1.66. The molecule has 5 heteroatoms. The molecule has 1 aliphatic carbocycles. The quantitative estimate of drug-likeness (QED) is 0.887. The van der Waals surface area contributed by atoms with E-state index >= 15 is 0 Å². The molecule has 1 aromatic rings. The summed E-state index contributed by atoms with van der Waals surface area (Å²) in [4.78, 5) is 26.7.